The molecule has 1 aliphatic rings. The number of benzene rings is 1. The lowest BCUT2D eigenvalue weighted by Gasteiger charge is -2.45. The van der Waals surface area contributed by atoms with E-state index in [9.17, 15) is 9.59 Å². The van der Waals surface area contributed by atoms with Crippen molar-refractivity contribution in [2.24, 2.45) is 4.99 Å². The van der Waals surface area contributed by atoms with E-state index in [1.54, 1.807) is 18.7 Å². The predicted octanol–water partition coefficient (Wildman–Crippen LogP) is 4.97. The molecule has 0 fully saturated rings. The van der Waals surface area contributed by atoms with Gasteiger partial charge in [-0.3, -0.25) is 25.3 Å². The molecule has 11 heteroatoms. The van der Waals surface area contributed by atoms with Crippen LogP contribution in [0.5, 0.6) is 0 Å². The van der Waals surface area contributed by atoms with Gasteiger partial charge in [0.1, 0.15) is 12.4 Å². The van der Waals surface area contributed by atoms with E-state index in [4.69, 9.17) is 4.74 Å². The zero-order chi connectivity index (χ0) is 30.7. The molecule has 0 bridgehead atoms. The highest BCUT2D eigenvalue weighted by atomic mass is 32.2. The minimum absolute atomic E-state index is 0.0393. The van der Waals surface area contributed by atoms with Gasteiger partial charge in [-0.2, -0.15) is 0 Å². The van der Waals surface area contributed by atoms with Crippen molar-refractivity contribution in [2.75, 3.05) is 32.1 Å². The molecule has 10 nitrogen and oxygen atoms in total. The fraction of sp³-hybridized carbons (Fsp3) is 0.621. The fourth-order valence-electron chi connectivity index (χ4n) is 3.51. The Morgan fingerprint density at radius 1 is 1.05 bits per heavy atom. The smallest absolute Gasteiger partial charge is 0.327 e. The third-order valence-electron chi connectivity index (χ3n) is 5.08. The van der Waals surface area contributed by atoms with Crippen LogP contribution in [0.2, 0.25) is 0 Å². The van der Waals surface area contributed by atoms with Gasteiger partial charge >= 0.3 is 5.97 Å². The molecule has 0 saturated heterocycles. The number of anilines is 1. The van der Waals surface area contributed by atoms with Crippen molar-refractivity contribution in [1.82, 2.24) is 26.0 Å². The Labute approximate surface area is 246 Å². The van der Waals surface area contributed by atoms with Gasteiger partial charge in [-0.15, -0.1) is 0 Å². The van der Waals surface area contributed by atoms with Crippen molar-refractivity contribution in [3.63, 3.8) is 0 Å². The third kappa shape index (κ3) is 13.6. The molecule has 228 valence electrons. The molecular weight excluding hydrogens is 526 g/mol. The summed E-state index contributed by atoms with van der Waals surface area (Å²) in [7, 11) is 2.04. The largest absolute Gasteiger partial charge is 0.465 e. The Kier molecular flexibility index (Phi) is 19.8. The predicted molar refractivity (Wildman–Crippen MR) is 169 cm³/mol. The van der Waals surface area contributed by atoms with Crippen LogP contribution in [0.25, 0.3) is 0 Å². The molecule has 1 aliphatic heterocycles. The maximum Gasteiger partial charge on any atom is 0.327 e. The Morgan fingerprint density at radius 2 is 1.68 bits per heavy atom. The number of rotatable bonds is 13. The number of hydrogen-bond acceptors (Lipinski definition) is 9. The maximum absolute atomic E-state index is 12.1. The monoisotopic (exact) mass is 579 g/mol. The van der Waals surface area contributed by atoms with Crippen molar-refractivity contribution >= 4 is 35.2 Å². The number of thioether (sulfide) groups is 1. The second-order valence-electron chi connectivity index (χ2n) is 8.78. The second-order valence-corrected chi connectivity index (χ2v) is 9.87. The first kappa shape index (κ1) is 37.4. The van der Waals surface area contributed by atoms with E-state index in [1.165, 1.54) is 6.92 Å². The van der Waals surface area contributed by atoms with Crippen LogP contribution in [0, 0.1) is 0 Å². The first-order valence-electron chi connectivity index (χ1n) is 14.4. The summed E-state index contributed by atoms with van der Waals surface area (Å²) in [4.78, 5) is 33.4. The molecule has 4 N–H and O–H groups in total. The summed E-state index contributed by atoms with van der Waals surface area (Å²) >= 11 is 1.59. The molecule has 2 rings (SSSR count). The molecule has 40 heavy (non-hydrogen) atoms. The normalized spacial score (nSPS) is 16.4. The molecule has 0 saturated carbocycles. The minimum atomic E-state index is -0.350. The fourth-order valence-corrected chi connectivity index (χ4v) is 4.43. The minimum Gasteiger partial charge on any atom is -0.465 e. The van der Waals surface area contributed by atoms with E-state index in [0.29, 0.717) is 12.6 Å². The summed E-state index contributed by atoms with van der Waals surface area (Å²) in [5.74, 6) is 0.270. The molecule has 2 unspecified atom stereocenters. The van der Waals surface area contributed by atoms with Crippen LogP contribution in [0.4, 0.5) is 5.69 Å². The van der Waals surface area contributed by atoms with Gasteiger partial charge in [0, 0.05) is 43.2 Å². The molecule has 2 atom stereocenters. The van der Waals surface area contributed by atoms with E-state index in [1.807, 2.05) is 65.1 Å². The van der Waals surface area contributed by atoms with Crippen LogP contribution in [0.1, 0.15) is 75.7 Å². The lowest BCUT2D eigenvalue weighted by Crippen LogP contribution is -2.64. The topological polar surface area (TPSA) is 110 Å². The van der Waals surface area contributed by atoms with Crippen LogP contribution in [-0.2, 0) is 14.3 Å². The summed E-state index contributed by atoms with van der Waals surface area (Å²) in [6.07, 6.45) is 2.67. The van der Waals surface area contributed by atoms with Crippen molar-refractivity contribution in [2.45, 2.75) is 99.1 Å². The number of ether oxygens (including phenoxy) is 1. The van der Waals surface area contributed by atoms with Gasteiger partial charge in [-0.1, -0.05) is 46.4 Å². The van der Waals surface area contributed by atoms with Gasteiger partial charge in [-0.05, 0) is 58.4 Å². The number of nitrogens with zero attached hydrogens (tertiary/aromatic N) is 3. The molecule has 0 aromatic heterocycles. The zero-order valence-corrected chi connectivity index (χ0v) is 27.2. The van der Waals surface area contributed by atoms with Crippen molar-refractivity contribution < 1.29 is 14.3 Å². The highest BCUT2D eigenvalue weighted by Gasteiger charge is 2.32. The van der Waals surface area contributed by atoms with Crippen LogP contribution in [0.3, 0.4) is 0 Å². The summed E-state index contributed by atoms with van der Waals surface area (Å²) in [6, 6.07) is 7.99. The van der Waals surface area contributed by atoms with Crippen molar-refractivity contribution in [1.29, 1.82) is 0 Å². The number of nitrogens with one attached hydrogen (secondary N) is 4. The van der Waals surface area contributed by atoms with Gasteiger partial charge in [0.05, 0.1) is 17.8 Å². The van der Waals surface area contributed by atoms with E-state index in [2.05, 4.69) is 64.0 Å². The first-order chi connectivity index (χ1) is 19.1. The molecule has 0 spiro atoms. The molecule has 0 aliphatic carbocycles. The first-order valence-corrected chi connectivity index (χ1v) is 15.2. The summed E-state index contributed by atoms with van der Waals surface area (Å²) in [5.41, 5.74) is 7.28. The quantitative estimate of drug-likeness (QED) is 0.146. The molecule has 1 amide bonds. The number of carbonyl (C=O) groups excluding carboxylic acids is 2. The van der Waals surface area contributed by atoms with Gasteiger partial charge in [0.15, 0.2) is 6.29 Å². The molecule has 1 heterocycles. The van der Waals surface area contributed by atoms with E-state index in [0.717, 1.165) is 34.4 Å². The second kappa shape index (κ2) is 21.2. The van der Waals surface area contributed by atoms with E-state index < -0.39 is 0 Å². The summed E-state index contributed by atoms with van der Waals surface area (Å²) < 4.78 is 5.09. The number of amidine groups is 1. The SMILES string of the molecule is CC.CC.CCCN1C(=NCC(=O)OCC)C=C(Sc2ccc(NC(C)=O)cc2)N(C)C1NC(C)NNC(C)C. The van der Waals surface area contributed by atoms with Crippen molar-refractivity contribution in [3.05, 3.63) is 35.4 Å². The van der Waals surface area contributed by atoms with Gasteiger partial charge in [0.25, 0.3) is 0 Å². The van der Waals surface area contributed by atoms with E-state index >= 15 is 0 Å². The Hall–Kier alpha value is -2.60. The number of aliphatic imine (C=N–C) groups is 1. The lowest BCUT2D eigenvalue weighted by atomic mass is 10.3. The highest BCUT2D eigenvalue weighted by molar-refractivity contribution is 8.03. The average molecular weight is 580 g/mol. The number of hydrogen-bond donors (Lipinski definition) is 4. The third-order valence-corrected chi connectivity index (χ3v) is 6.20. The van der Waals surface area contributed by atoms with Crippen molar-refractivity contribution in [3.8, 4) is 0 Å². The highest BCUT2D eigenvalue weighted by Crippen LogP contribution is 2.33. The number of esters is 1. The standard InChI is InChI=1S/C25H41N7O3S.2C2H6/c1-8-14-32-22(26-16-24(34)35-9-2)15-23(31(7)25(32)27-18(5)30-29-17(3)4)36-21-12-10-20(11-13-21)28-19(6)33;2*1-2/h10-13,15,17-18,25,27,29-30H,8-9,14,16H2,1-7H3,(H,28,33);2*1-2H3. The average Bonchev–Trinajstić information content (AvgIpc) is 2.93. The van der Waals surface area contributed by atoms with Gasteiger partial charge in [-0.25, -0.2) is 5.43 Å². The zero-order valence-electron chi connectivity index (χ0n) is 26.4. The molecule has 1 aromatic carbocycles. The maximum atomic E-state index is 12.1. The number of hydrazine groups is 1. The number of amides is 1. The van der Waals surface area contributed by atoms with Crippen LogP contribution in [-0.4, -0.2) is 72.8 Å². The number of carbonyl (C=O) groups is 2. The summed E-state index contributed by atoms with van der Waals surface area (Å²) in [6.45, 7) is 20.6. The Morgan fingerprint density at radius 3 is 2.20 bits per heavy atom. The van der Waals surface area contributed by atoms with Crippen LogP contribution < -0.4 is 21.5 Å². The Balaban J connectivity index is 0.00000363. The van der Waals surface area contributed by atoms with Gasteiger partial charge < -0.3 is 19.9 Å². The molecule has 0 radical (unpaired) electrons. The molecule has 1 aromatic rings. The molecular formula is C29H53N7O3S. The van der Waals surface area contributed by atoms with E-state index in [-0.39, 0.29) is 30.9 Å². The lowest BCUT2D eigenvalue weighted by molar-refractivity contribution is -0.141. The summed E-state index contributed by atoms with van der Waals surface area (Å²) in [5, 5.41) is 7.39. The van der Waals surface area contributed by atoms with Crippen LogP contribution >= 0.6 is 11.8 Å². The Bertz CT molecular complexity index is 923. The van der Waals surface area contributed by atoms with Crippen LogP contribution in [0.15, 0.2) is 45.3 Å². The van der Waals surface area contributed by atoms with Gasteiger partial charge in [0.2, 0.25) is 5.91 Å².